The first-order valence-electron chi connectivity index (χ1n) is 13.6. The van der Waals surface area contributed by atoms with E-state index in [2.05, 4.69) is 22.9 Å². The van der Waals surface area contributed by atoms with Gasteiger partial charge < -0.3 is 20.7 Å². The first-order chi connectivity index (χ1) is 20.4. The summed E-state index contributed by atoms with van der Waals surface area (Å²) in [5, 5.41) is 10.1. The van der Waals surface area contributed by atoms with Crippen molar-refractivity contribution in [3.8, 4) is 5.75 Å². The van der Waals surface area contributed by atoms with Gasteiger partial charge in [-0.1, -0.05) is 43.7 Å². The van der Waals surface area contributed by atoms with Gasteiger partial charge in [0.15, 0.2) is 0 Å². The highest BCUT2D eigenvalue weighted by Crippen LogP contribution is 2.27. The van der Waals surface area contributed by atoms with Crippen LogP contribution in [0.1, 0.15) is 41.9 Å². The zero-order valence-electron chi connectivity index (χ0n) is 23.5. The molecule has 0 spiro atoms. The molecule has 0 aliphatic heterocycles. The minimum Gasteiger partial charge on any atom is -0.494 e. The maximum absolute atomic E-state index is 13.3. The maximum atomic E-state index is 13.3. The Morgan fingerprint density at radius 2 is 1.69 bits per heavy atom. The van der Waals surface area contributed by atoms with E-state index in [9.17, 15) is 14.4 Å². The van der Waals surface area contributed by atoms with E-state index in [-0.39, 0.29) is 17.5 Å². The van der Waals surface area contributed by atoms with Crippen LogP contribution in [0.15, 0.2) is 107 Å². The molecule has 7 nitrogen and oxygen atoms in total. The maximum Gasteiger partial charge on any atom is 0.272 e. The molecule has 42 heavy (non-hydrogen) atoms. The van der Waals surface area contributed by atoms with Gasteiger partial charge in [0.2, 0.25) is 5.91 Å². The molecule has 3 amide bonds. The van der Waals surface area contributed by atoms with Crippen LogP contribution in [-0.4, -0.2) is 29.6 Å². The summed E-state index contributed by atoms with van der Waals surface area (Å²) in [5.41, 5.74) is 1.81. The zero-order valence-corrected chi connectivity index (χ0v) is 25.1. The van der Waals surface area contributed by atoms with Gasteiger partial charge in [-0.05, 0) is 85.5 Å². The molecule has 1 heterocycles. The van der Waals surface area contributed by atoms with Gasteiger partial charge >= 0.3 is 0 Å². The number of hydrogen-bond acceptors (Lipinski definition) is 6. The van der Waals surface area contributed by atoms with Gasteiger partial charge in [-0.3, -0.25) is 14.4 Å². The van der Waals surface area contributed by atoms with Crippen LogP contribution < -0.4 is 20.7 Å². The molecule has 3 aromatic carbocycles. The largest absolute Gasteiger partial charge is 0.494 e. The summed E-state index contributed by atoms with van der Waals surface area (Å²) in [6, 6.07) is 27.1. The number of nitrogens with one attached hydrogen (secondary N) is 3. The summed E-state index contributed by atoms with van der Waals surface area (Å²) in [5.74, 6) is -0.200. The fraction of sp³-hybridized carbons (Fsp3) is 0.182. The lowest BCUT2D eigenvalue weighted by atomic mass is 10.2. The molecule has 0 saturated heterocycles. The summed E-state index contributed by atoms with van der Waals surface area (Å²) >= 11 is 2.84. The molecule has 4 rings (SSSR count). The number of unbranched alkanes of at least 4 members (excludes halogenated alkanes) is 1. The van der Waals surface area contributed by atoms with Gasteiger partial charge in [0.25, 0.3) is 11.8 Å². The predicted octanol–water partition coefficient (Wildman–Crippen LogP) is 7.46. The van der Waals surface area contributed by atoms with Crippen LogP contribution in [0.2, 0.25) is 0 Å². The summed E-state index contributed by atoms with van der Waals surface area (Å²) in [6.45, 7) is 4.61. The third-order valence-electron chi connectivity index (χ3n) is 6.02. The number of carbonyl (C=O) groups is 3. The Balaban J connectivity index is 1.37. The molecule has 1 unspecified atom stereocenters. The average Bonchev–Trinajstić information content (AvgIpc) is 3.51. The molecule has 1 atom stereocenters. The Kier molecular flexibility index (Phi) is 11.4. The Hall–Kier alpha value is -4.34. The number of carbonyl (C=O) groups excluding carboxylic acids is 3. The summed E-state index contributed by atoms with van der Waals surface area (Å²) < 4.78 is 5.68. The molecule has 4 aromatic rings. The average molecular weight is 600 g/mol. The fourth-order valence-corrected chi connectivity index (χ4v) is 5.36. The van der Waals surface area contributed by atoms with E-state index >= 15 is 0 Å². The van der Waals surface area contributed by atoms with Crippen LogP contribution in [-0.2, 0) is 9.59 Å². The molecular formula is C33H33N3O4S2. The normalized spacial score (nSPS) is 11.8. The van der Waals surface area contributed by atoms with Crippen LogP contribution in [0.25, 0.3) is 6.08 Å². The van der Waals surface area contributed by atoms with Crippen LogP contribution in [0.3, 0.4) is 0 Å². The van der Waals surface area contributed by atoms with Crippen molar-refractivity contribution in [1.29, 1.82) is 0 Å². The van der Waals surface area contributed by atoms with E-state index in [1.54, 1.807) is 42.5 Å². The van der Waals surface area contributed by atoms with Crippen LogP contribution in [0, 0.1) is 0 Å². The first-order valence-corrected chi connectivity index (χ1v) is 15.4. The lowest BCUT2D eigenvalue weighted by Crippen LogP contribution is -2.30. The summed E-state index contributed by atoms with van der Waals surface area (Å²) in [6.07, 6.45) is 3.71. The van der Waals surface area contributed by atoms with E-state index in [0.29, 0.717) is 23.5 Å². The first kappa shape index (κ1) is 30.6. The van der Waals surface area contributed by atoms with Gasteiger partial charge in [0, 0.05) is 26.7 Å². The molecule has 0 aliphatic carbocycles. The van der Waals surface area contributed by atoms with Gasteiger partial charge in [0.1, 0.15) is 11.4 Å². The number of thiophene rings is 1. The van der Waals surface area contributed by atoms with Crippen molar-refractivity contribution >= 4 is 58.3 Å². The van der Waals surface area contributed by atoms with Gasteiger partial charge in [-0.2, -0.15) is 0 Å². The van der Waals surface area contributed by atoms with Gasteiger partial charge in [-0.15, -0.1) is 23.1 Å². The number of thioether (sulfide) groups is 1. The number of benzene rings is 3. The SMILES string of the molecule is CCCCOc1ccc(NC(=O)C(C)Sc2cccc(NC(=O)/C(=C/c3cccs3)NC(=O)c3ccccc3)c2)cc1. The van der Waals surface area contributed by atoms with Crippen molar-refractivity contribution in [2.24, 2.45) is 0 Å². The van der Waals surface area contributed by atoms with E-state index < -0.39 is 11.2 Å². The van der Waals surface area contributed by atoms with Gasteiger partial charge in [-0.25, -0.2) is 0 Å². The number of anilines is 2. The number of ether oxygens (including phenoxy) is 1. The molecule has 0 bridgehead atoms. The Bertz CT molecular complexity index is 1500. The van der Waals surface area contributed by atoms with Crippen LogP contribution in [0.4, 0.5) is 11.4 Å². The second-order valence-electron chi connectivity index (χ2n) is 9.35. The highest BCUT2D eigenvalue weighted by molar-refractivity contribution is 8.00. The monoisotopic (exact) mass is 599 g/mol. The van der Waals surface area contributed by atoms with Crippen molar-refractivity contribution in [2.75, 3.05) is 17.2 Å². The van der Waals surface area contributed by atoms with E-state index in [1.165, 1.54) is 23.1 Å². The molecule has 216 valence electrons. The molecule has 1 aromatic heterocycles. The third kappa shape index (κ3) is 9.36. The second kappa shape index (κ2) is 15.6. The molecule has 3 N–H and O–H groups in total. The minimum atomic E-state index is -0.456. The number of hydrogen-bond donors (Lipinski definition) is 3. The molecular weight excluding hydrogens is 567 g/mol. The quantitative estimate of drug-likeness (QED) is 0.0842. The van der Waals surface area contributed by atoms with Crippen molar-refractivity contribution in [1.82, 2.24) is 5.32 Å². The van der Waals surface area contributed by atoms with Crippen molar-refractivity contribution in [3.63, 3.8) is 0 Å². The minimum absolute atomic E-state index is 0.124. The third-order valence-corrected chi connectivity index (χ3v) is 7.93. The molecule has 9 heteroatoms. The zero-order chi connectivity index (χ0) is 29.7. The Labute approximate surface area is 254 Å². The van der Waals surface area contributed by atoms with Crippen molar-refractivity contribution in [3.05, 3.63) is 113 Å². The topological polar surface area (TPSA) is 96.5 Å². The lowest BCUT2D eigenvalue weighted by Gasteiger charge is -2.14. The highest BCUT2D eigenvalue weighted by atomic mass is 32.2. The summed E-state index contributed by atoms with van der Waals surface area (Å²) in [7, 11) is 0. The predicted molar refractivity (Wildman–Crippen MR) is 172 cm³/mol. The van der Waals surface area contributed by atoms with E-state index in [1.807, 2.05) is 66.9 Å². The smallest absolute Gasteiger partial charge is 0.272 e. The number of amides is 3. The van der Waals surface area contributed by atoms with Crippen LogP contribution >= 0.6 is 23.1 Å². The second-order valence-corrected chi connectivity index (χ2v) is 11.7. The van der Waals surface area contributed by atoms with E-state index in [4.69, 9.17) is 4.74 Å². The van der Waals surface area contributed by atoms with Crippen LogP contribution in [0.5, 0.6) is 5.75 Å². The molecule has 0 saturated carbocycles. The lowest BCUT2D eigenvalue weighted by molar-refractivity contribution is -0.115. The summed E-state index contributed by atoms with van der Waals surface area (Å²) in [4.78, 5) is 40.6. The molecule has 0 radical (unpaired) electrons. The van der Waals surface area contributed by atoms with Gasteiger partial charge in [0.05, 0.1) is 11.9 Å². The van der Waals surface area contributed by atoms with Crippen molar-refractivity contribution in [2.45, 2.75) is 36.8 Å². The number of rotatable bonds is 13. The highest BCUT2D eigenvalue weighted by Gasteiger charge is 2.17. The Morgan fingerprint density at radius 1 is 0.905 bits per heavy atom. The Morgan fingerprint density at radius 3 is 2.40 bits per heavy atom. The van der Waals surface area contributed by atoms with Crippen molar-refractivity contribution < 1.29 is 19.1 Å². The molecule has 0 aliphatic rings. The fourth-order valence-electron chi connectivity index (χ4n) is 3.77. The standard InChI is InChI=1S/C33H33N3O4S2/c1-3-4-19-40-27-17-15-25(16-18-27)34-31(37)23(2)42-29-13-8-12-26(21-29)35-33(39)30(22-28-14-9-20-41-28)36-32(38)24-10-6-5-7-11-24/h5-18,20-23H,3-4,19H2,1-2H3,(H,34,37)(H,35,39)(H,36,38)/b30-22-. The molecule has 0 fully saturated rings. The van der Waals surface area contributed by atoms with E-state index in [0.717, 1.165) is 28.4 Å².